The van der Waals surface area contributed by atoms with Crippen molar-refractivity contribution in [3.8, 4) is 11.5 Å². The number of thioether (sulfide) groups is 1. The van der Waals surface area contributed by atoms with Crippen LogP contribution in [-0.2, 0) is 58.9 Å². The molecule has 0 spiro atoms. The zero-order valence-corrected chi connectivity index (χ0v) is 51.4. The summed E-state index contributed by atoms with van der Waals surface area (Å²) in [7, 11) is 6.06. The summed E-state index contributed by atoms with van der Waals surface area (Å²) in [6.07, 6.45) is 3.92. The van der Waals surface area contributed by atoms with Gasteiger partial charge in [0.1, 0.15) is 47.5 Å². The molecule has 10 atom stereocenters. The summed E-state index contributed by atoms with van der Waals surface area (Å²) >= 11 is 8.12. The first kappa shape index (κ1) is 65.6. The number of esters is 1. The van der Waals surface area contributed by atoms with E-state index in [2.05, 4.69) is 17.6 Å². The van der Waals surface area contributed by atoms with Crippen LogP contribution in [0.3, 0.4) is 0 Å². The Labute approximate surface area is 501 Å². The van der Waals surface area contributed by atoms with E-state index in [9.17, 15) is 43.5 Å². The van der Waals surface area contributed by atoms with Crippen molar-refractivity contribution in [1.82, 2.24) is 20.4 Å². The molecule has 5 aliphatic rings. The maximum absolute atomic E-state index is 14.6. The second-order valence-corrected chi connectivity index (χ2v) is 25.2. The Bertz CT molecular complexity index is 2730. The van der Waals surface area contributed by atoms with Crippen molar-refractivity contribution in [2.75, 3.05) is 71.9 Å². The molecule has 4 fully saturated rings. The largest absolute Gasteiger partial charge is 0.513 e. The number of fused-ring (bicyclic) bond motifs is 5. The molecule has 462 valence electrons. The van der Waals surface area contributed by atoms with E-state index in [1.54, 1.807) is 32.2 Å². The molecule has 0 radical (unpaired) electrons. The van der Waals surface area contributed by atoms with Gasteiger partial charge in [-0.15, -0.1) is 11.8 Å². The van der Waals surface area contributed by atoms with Crippen molar-refractivity contribution in [3.05, 3.63) is 64.7 Å². The van der Waals surface area contributed by atoms with Crippen molar-refractivity contribution in [3.63, 3.8) is 0 Å². The van der Waals surface area contributed by atoms with Gasteiger partial charge in [-0.05, 0) is 119 Å². The second kappa shape index (κ2) is 29.4. The van der Waals surface area contributed by atoms with Gasteiger partial charge in [0, 0.05) is 70.6 Å². The molecule has 3 heterocycles. The van der Waals surface area contributed by atoms with Crippen LogP contribution in [-0.4, -0.2) is 165 Å². The Morgan fingerprint density at radius 1 is 0.976 bits per heavy atom. The number of halogens is 1. The SMILES string of the molecule is COc1cc2cc(c1Cl)N(C)C(=O)C[C@H](OC(=O)[C@H](C)N(C)C(=O)CCS[C@H]1CC(=O)N(CC3CCC(C(=O)NCCOCCOC(=O)Oc4ccc(C)cc4)CC3)C1=O)[C@]1(C)CC[C@H]1[C@H](C)[C@@H]1C[C@@](O)(NC(=O)O1)[C@H](OC)/C=C/CC(C)C2. The van der Waals surface area contributed by atoms with E-state index < -0.39 is 70.8 Å². The molecule has 2 aromatic carbocycles. The molecular formula is C61H84ClN5O16S. The van der Waals surface area contributed by atoms with Crippen LogP contribution in [0.1, 0.15) is 109 Å². The number of hydrogen-bond acceptors (Lipinski definition) is 17. The van der Waals surface area contributed by atoms with Gasteiger partial charge in [-0.3, -0.25) is 34.2 Å². The summed E-state index contributed by atoms with van der Waals surface area (Å²) in [5, 5.41) is 17.1. The van der Waals surface area contributed by atoms with Gasteiger partial charge < -0.3 is 53.4 Å². The van der Waals surface area contributed by atoms with Crippen LogP contribution >= 0.6 is 23.4 Å². The van der Waals surface area contributed by atoms with Gasteiger partial charge in [0.15, 0.2) is 5.72 Å². The number of aliphatic hydroxyl groups is 1. The molecule has 0 aromatic heterocycles. The fourth-order valence-electron chi connectivity index (χ4n) is 12.2. The summed E-state index contributed by atoms with van der Waals surface area (Å²) in [5.41, 5.74) is -0.341. The highest BCUT2D eigenvalue weighted by Crippen LogP contribution is 2.56. The van der Waals surface area contributed by atoms with E-state index >= 15 is 0 Å². The number of nitrogens with one attached hydrogen (secondary N) is 2. The third-order valence-electron chi connectivity index (χ3n) is 17.7. The summed E-state index contributed by atoms with van der Waals surface area (Å²) in [6, 6.07) is 9.57. The number of imide groups is 1. The Hall–Kier alpha value is -5.94. The Morgan fingerprint density at radius 2 is 1.70 bits per heavy atom. The number of alkyl carbamates (subject to hydrolysis) is 1. The number of benzene rings is 2. The number of likely N-dealkylation sites (N-methyl/N-ethyl adjacent to an activating group) is 1. The highest BCUT2D eigenvalue weighted by Gasteiger charge is 2.57. The fourth-order valence-corrected chi connectivity index (χ4v) is 13.6. The number of methoxy groups -OCH3 is 2. The minimum Gasteiger partial charge on any atom is -0.495 e. The van der Waals surface area contributed by atoms with E-state index in [1.165, 1.54) is 47.7 Å². The van der Waals surface area contributed by atoms with E-state index in [-0.39, 0.29) is 117 Å². The number of nitrogens with zero attached hydrogens (tertiary/aromatic N) is 3. The topological polar surface area (TPSA) is 255 Å². The number of carbonyl (C=O) groups excluding carboxylic acids is 8. The first-order valence-electron chi connectivity index (χ1n) is 29.2. The predicted octanol–water partition coefficient (Wildman–Crippen LogP) is 7.57. The third-order valence-corrected chi connectivity index (χ3v) is 19.3. The molecule has 2 saturated heterocycles. The van der Waals surface area contributed by atoms with Crippen LogP contribution < -0.4 is 25.0 Å². The Kier molecular flexibility index (Phi) is 23.0. The molecule has 23 heteroatoms. The highest BCUT2D eigenvalue weighted by molar-refractivity contribution is 8.00. The predicted molar refractivity (Wildman–Crippen MR) is 313 cm³/mol. The Morgan fingerprint density at radius 3 is 2.38 bits per heavy atom. The zero-order chi connectivity index (χ0) is 61.0. The fraction of sp³-hybridized carbons (Fsp3) is 0.639. The first-order valence-corrected chi connectivity index (χ1v) is 30.6. The molecule has 2 aromatic rings. The lowest BCUT2D eigenvalue weighted by Crippen LogP contribution is -2.64. The van der Waals surface area contributed by atoms with Crippen molar-refractivity contribution in [2.24, 2.45) is 35.0 Å². The number of carbonyl (C=O) groups is 8. The van der Waals surface area contributed by atoms with Gasteiger partial charge in [0.2, 0.25) is 29.5 Å². The number of aryl methyl sites for hydroxylation is 1. The molecule has 2 aliphatic carbocycles. The van der Waals surface area contributed by atoms with Gasteiger partial charge >= 0.3 is 18.2 Å². The first-order chi connectivity index (χ1) is 39.9. The smallest absolute Gasteiger partial charge is 0.495 e. The summed E-state index contributed by atoms with van der Waals surface area (Å²) in [5.74, 6) is -1.96. The van der Waals surface area contributed by atoms with Gasteiger partial charge in [-0.1, -0.05) is 62.2 Å². The molecule has 6 amide bonds. The average molecular weight is 1210 g/mol. The number of rotatable bonds is 19. The van der Waals surface area contributed by atoms with E-state index in [4.69, 9.17) is 44.8 Å². The quantitative estimate of drug-likeness (QED) is 0.0306. The molecule has 84 heavy (non-hydrogen) atoms. The molecular weight excluding hydrogens is 1130 g/mol. The minimum atomic E-state index is -1.81. The van der Waals surface area contributed by atoms with Gasteiger partial charge in [0.05, 0.1) is 37.7 Å². The minimum absolute atomic E-state index is 0.00371. The maximum atomic E-state index is 14.6. The molecule has 3 aliphatic heterocycles. The van der Waals surface area contributed by atoms with E-state index in [1.807, 2.05) is 51.1 Å². The van der Waals surface area contributed by atoms with Crippen LogP contribution in [0.4, 0.5) is 15.3 Å². The molecule has 3 N–H and O–H groups in total. The van der Waals surface area contributed by atoms with Crippen molar-refractivity contribution < 1.29 is 76.6 Å². The molecule has 1 unspecified atom stereocenters. The van der Waals surface area contributed by atoms with Crippen LogP contribution in [0.15, 0.2) is 48.6 Å². The Balaban J connectivity index is 0.900. The van der Waals surface area contributed by atoms with Gasteiger partial charge in [-0.25, -0.2) is 14.4 Å². The molecule has 4 bridgehead atoms. The van der Waals surface area contributed by atoms with Crippen molar-refractivity contribution >= 4 is 76.8 Å². The number of likely N-dealkylation sites (tertiary alicyclic amines) is 1. The number of ether oxygens (including phenoxy) is 7. The van der Waals surface area contributed by atoms with Crippen LogP contribution in [0, 0.1) is 41.9 Å². The normalized spacial score (nSPS) is 29.1. The summed E-state index contributed by atoms with van der Waals surface area (Å²) in [4.78, 5) is 112. The monoisotopic (exact) mass is 1210 g/mol. The number of hydrogen-bond donors (Lipinski definition) is 3. The van der Waals surface area contributed by atoms with Crippen molar-refractivity contribution in [1.29, 1.82) is 0 Å². The number of amides is 6. The number of anilines is 1. The lowest BCUT2D eigenvalue weighted by molar-refractivity contribution is -0.186. The van der Waals surface area contributed by atoms with Gasteiger partial charge in [-0.2, -0.15) is 0 Å². The van der Waals surface area contributed by atoms with Crippen LogP contribution in [0.2, 0.25) is 5.02 Å². The lowest BCUT2D eigenvalue weighted by atomic mass is 9.53. The number of allylic oxidation sites excluding steroid dienone is 1. The maximum Gasteiger partial charge on any atom is 0.513 e. The molecule has 2 saturated carbocycles. The molecule has 21 nitrogen and oxygen atoms in total. The van der Waals surface area contributed by atoms with Crippen molar-refractivity contribution in [2.45, 2.75) is 147 Å². The highest BCUT2D eigenvalue weighted by atomic mass is 35.5. The average Bonchev–Trinajstić information content (AvgIpc) is 1.47. The summed E-state index contributed by atoms with van der Waals surface area (Å²) < 4.78 is 39.3. The summed E-state index contributed by atoms with van der Waals surface area (Å²) in [6.45, 7) is 10.3. The van der Waals surface area contributed by atoms with Gasteiger partial charge in [0.25, 0.3) is 0 Å². The zero-order valence-electron chi connectivity index (χ0n) is 49.8. The standard InChI is InChI=1S/C61H84ClN5O16S/c1-36-13-19-43(20-14-36)81-59(75)80-27-26-79-25-24-63-55(71)42-17-15-40(16-18-42)35-67-53(70)32-48(56(67)72)84-28-22-51(68)65(6)39(4)57(73)83-50-33-52(69)66(7)45-30-41(31-46(77-8)54(45)62)29-37(2)11-10-12-49(78-9)61(76)34-47(82-58(74)64-61)38(3)44-21-23-60(44,50)5/h10,12-14,19-20,30-31,37-40,42,44,47-50,76H,11,15-18,21-29,32-35H2,1-9H3,(H,63,71)(H,64,74)/b12-10+/t37?,38-,39-,40?,42?,44-,47-,48-,49+,50-,60+,61-/m0/s1. The van der Waals surface area contributed by atoms with Crippen LogP contribution in [0.5, 0.6) is 11.5 Å². The second-order valence-electron chi connectivity index (χ2n) is 23.5. The van der Waals surface area contributed by atoms with E-state index in [0.717, 1.165) is 11.1 Å². The molecule has 7 rings (SSSR count). The lowest BCUT2D eigenvalue weighted by Gasteiger charge is -2.55. The van der Waals surface area contributed by atoms with E-state index in [0.29, 0.717) is 68.6 Å². The van der Waals surface area contributed by atoms with Crippen LogP contribution in [0.25, 0.3) is 0 Å². The third kappa shape index (κ3) is 16.3.